The Morgan fingerprint density at radius 1 is 1.31 bits per heavy atom. The molecule has 92 valence electrons. The van der Waals surface area contributed by atoms with E-state index in [-0.39, 0.29) is 12.4 Å². The minimum atomic E-state index is 0. The molecule has 1 aromatic rings. The smallest absolute Gasteiger partial charge is 0.137 e. The molecule has 0 unspecified atom stereocenters. The second kappa shape index (κ2) is 7.47. The van der Waals surface area contributed by atoms with Gasteiger partial charge in [0.25, 0.3) is 0 Å². The van der Waals surface area contributed by atoms with E-state index in [2.05, 4.69) is 26.0 Å². The Morgan fingerprint density at radius 3 is 2.62 bits per heavy atom. The zero-order valence-corrected chi connectivity index (χ0v) is 11.1. The summed E-state index contributed by atoms with van der Waals surface area (Å²) in [5, 5.41) is 0. The number of ether oxygens (including phenoxy) is 1. The number of quaternary nitrogens is 1. The van der Waals surface area contributed by atoms with Crippen LogP contribution in [0.2, 0.25) is 0 Å². The second-order valence-corrected chi connectivity index (χ2v) is 4.42. The largest absolute Gasteiger partial charge is 1.00 e. The van der Waals surface area contributed by atoms with Crippen molar-refractivity contribution in [3.63, 3.8) is 0 Å². The number of hydrogen-bond acceptors (Lipinski definition) is 2. The SMILES string of the molecule is CCC[N+](C)(C)CCOc1cccnc1.[Cl-]. The lowest BCUT2D eigenvalue weighted by Gasteiger charge is -2.29. The monoisotopic (exact) mass is 244 g/mol. The fraction of sp³-hybridized carbons (Fsp3) is 0.583. The maximum Gasteiger partial charge on any atom is 0.137 e. The summed E-state index contributed by atoms with van der Waals surface area (Å²) in [7, 11) is 4.46. The molecule has 4 heteroatoms. The van der Waals surface area contributed by atoms with Gasteiger partial charge in [0, 0.05) is 6.20 Å². The molecule has 0 saturated carbocycles. The number of pyridine rings is 1. The molecular formula is C12H21ClN2O. The lowest BCUT2D eigenvalue weighted by Crippen LogP contribution is -3.00. The molecule has 0 atom stereocenters. The van der Waals surface area contributed by atoms with Crippen molar-refractivity contribution < 1.29 is 21.6 Å². The third-order valence-corrected chi connectivity index (χ3v) is 2.43. The van der Waals surface area contributed by atoms with Gasteiger partial charge in [0.15, 0.2) is 0 Å². The summed E-state index contributed by atoms with van der Waals surface area (Å²) < 4.78 is 6.62. The molecule has 1 rings (SSSR count). The second-order valence-electron chi connectivity index (χ2n) is 4.42. The van der Waals surface area contributed by atoms with E-state index in [4.69, 9.17) is 4.74 Å². The van der Waals surface area contributed by atoms with Gasteiger partial charge in [-0.2, -0.15) is 0 Å². The molecule has 0 amide bonds. The summed E-state index contributed by atoms with van der Waals surface area (Å²) >= 11 is 0. The van der Waals surface area contributed by atoms with Crippen LogP contribution in [0.5, 0.6) is 5.75 Å². The van der Waals surface area contributed by atoms with Gasteiger partial charge in [0.05, 0.1) is 26.8 Å². The van der Waals surface area contributed by atoms with E-state index in [1.165, 1.54) is 13.0 Å². The fourth-order valence-electron chi connectivity index (χ4n) is 1.56. The van der Waals surface area contributed by atoms with Crippen LogP contribution in [0.4, 0.5) is 0 Å². The van der Waals surface area contributed by atoms with Crippen molar-refractivity contribution in [3.05, 3.63) is 24.5 Å². The summed E-state index contributed by atoms with van der Waals surface area (Å²) in [6, 6.07) is 3.83. The quantitative estimate of drug-likeness (QED) is 0.596. The molecule has 0 saturated heterocycles. The van der Waals surface area contributed by atoms with E-state index in [1.807, 2.05) is 12.1 Å². The summed E-state index contributed by atoms with van der Waals surface area (Å²) in [6.07, 6.45) is 4.71. The molecule has 0 aliphatic carbocycles. The summed E-state index contributed by atoms with van der Waals surface area (Å²) in [4.78, 5) is 4.01. The van der Waals surface area contributed by atoms with Gasteiger partial charge in [-0.05, 0) is 18.6 Å². The molecule has 0 aromatic carbocycles. The number of likely N-dealkylation sites (N-methyl/N-ethyl adjacent to an activating group) is 1. The molecule has 1 heterocycles. The van der Waals surface area contributed by atoms with Gasteiger partial charge in [-0.3, -0.25) is 4.98 Å². The predicted octanol–water partition coefficient (Wildman–Crippen LogP) is -1.05. The Hall–Kier alpha value is -0.800. The molecule has 1 aromatic heterocycles. The summed E-state index contributed by atoms with van der Waals surface area (Å²) in [5.41, 5.74) is 0. The maximum atomic E-state index is 5.61. The van der Waals surface area contributed by atoms with Gasteiger partial charge >= 0.3 is 0 Å². The molecular weight excluding hydrogens is 224 g/mol. The highest BCUT2D eigenvalue weighted by atomic mass is 35.5. The van der Waals surface area contributed by atoms with E-state index in [9.17, 15) is 0 Å². The highest BCUT2D eigenvalue weighted by Gasteiger charge is 2.12. The van der Waals surface area contributed by atoms with Crippen LogP contribution in [0.15, 0.2) is 24.5 Å². The lowest BCUT2D eigenvalue weighted by molar-refractivity contribution is -0.890. The van der Waals surface area contributed by atoms with E-state index in [0.29, 0.717) is 0 Å². The van der Waals surface area contributed by atoms with Crippen LogP contribution in [-0.2, 0) is 0 Å². The van der Waals surface area contributed by atoms with Crippen molar-refractivity contribution in [2.24, 2.45) is 0 Å². The summed E-state index contributed by atoms with van der Waals surface area (Å²) in [6.45, 7) is 5.18. The normalized spacial score (nSPS) is 10.7. The van der Waals surface area contributed by atoms with Crippen LogP contribution in [0.1, 0.15) is 13.3 Å². The van der Waals surface area contributed by atoms with Gasteiger partial charge < -0.3 is 21.6 Å². The first-order valence-electron chi connectivity index (χ1n) is 5.49. The molecule has 3 nitrogen and oxygen atoms in total. The molecule has 0 radical (unpaired) electrons. The molecule has 0 spiro atoms. The van der Waals surface area contributed by atoms with Crippen molar-refractivity contribution in [3.8, 4) is 5.75 Å². The highest BCUT2D eigenvalue weighted by Crippen LogP contribution is 2.07. The Morgan fingerprint density at radius 2 is 2.06 bits per heavy atom. The average molecular weight is 245 g/mol. The Bertz CT molecular complexity index is 278. The van der Waals surface area contributed by atoms with E-state index < -0.39 is 0 Å². The number of nitrogens with zero attached hydrogens (tertiary/aromatic N) is 2. The summed E-state index contributed by atoms with van der Waals surface area (Å²) in [5.74, 6) is 0.856. The van der Waals surface area contributed by atoms with Crippen molar-refractivity contribution in [2.45, 2.75) is 13.3 Å². The Balaban J connectivity index is 0.00000225. The van der Waals surface area contributed by atoms with E-state index in [1.54, 1.807) is 12.4 Å². The minimum Gasteiger partial charge on any atom is -1.00 e. The number of halogens is 1. The first-order valence-corrected chi connectivity index (χ1v) is 5.49. The van der Waals surface area contributed by atoms with Gasteiger partial charge in [0.1, 0.15) is 18.9 Å². The average Bonchev–Trinajstić information content (AvgIpc) is 2.19. The van der Waals surface area contributed by atoms with Crippen LogP contribution in [-0.4, -0.2) is 43.3 Å². The van der Waals surface area contributed by atoms with Gasteiger partial charge in [-0.1, -0.05) is 6.92 Å². The van der Waals surface area contributed by atoms with Gasteiger partial charge in [0.2, 0.25) is 0 Å². The number of hydrogen-bond donors (Lipinski definition) is 0. The Labute approximate surface area is 104 Å². The van der Waals surface area contributed by atoms with Crippen molar-refractivity contribution in [1.82, 2.24) is 4.98 Å². The Kier molecular flexibility index (Phi) is 7.10. The lowest BCUT2D eigenvalue weighted by atomic mass is 10.4. The van der Waals surface area contributed by atoms with E-state index in [0.717, 1.165) is 23.4 Å². The van der Waals surface area contributed by atoms with Crippen molar-refractivity contribution >= 4 is 0 Å². The van der Waals surface area contributed by atoms with Gasteiger partial charge in [-0.15, -0.1) is 0 Å². The van der Waals surface area contributed by atoms with Crippen LogP contribution >= 0.6 is 0 Å². The first-order chi connectivity index (χ1) is 7.14. The van der Waals surface area contributed by atoms with Crippen molar-refractivity contribution in [2.75, 3.05) is 33.8 Å². The third kappa shape index (κ3) is 5.93. The molecule has 16 heavy (non-hydrogen) atoms. The third-order valence-electron chi connectivity index (χ3n) is 2.43. The fourth-order valence-corrected chi connectivity index (χ4v) is 1.56. The van der Waals surface area contributed by atoms with Crippen LogP contribution < -0.4 is 17.1 Å². The number of rotatable bonds is 6. The van der Waals surface area contributed by atoms with Crippen LogP contribution in [0.3, 0.4) is 0 Å². The molecule has 0 aliphatic heterocycles. The maximum absolute atomic E-state index is 5.61. The topological polar surface area (TPSA) is 22.1 Å². The molecule has 0 N–H and O–H groups in total. The molecule has 0 aliphatic rings. The molecule has 0 fully saturated rings. The van der Waals surface area contributed by atoms with Crippen LogP contribution in [0.25, 0.3) is 0 Å². The number of aromatic nitrogens is 1. The van der Waals surface area contributed by atoms with Gasteiger partial charge in [-0.25, -0.2) is 0 Å². The van der Waals surface area contributed by atoms with Crippen LogP contribution in [0, 0.1) is 0 Å². The zero-order chi connectivity index (χ0) is 11.1. The standard InChI is InChI=1S/C12H21N2O.ClH/c1-4-8-14(2,3)9-10-15-12-6-5-7-13-11-12;/h5-7,11H,4,8-10H2,1-3H3;1H/q+1;/p-1. The van der Waals surface area contributed by atoms with E-state index >= 15 is 0 Å². The molecule has 0 bridgehead atoms. The highest BCUT2D eigenvalue weighted by molar-refractivity contribution is 5.15. The first kappa shape index (κ1) is 15.2. The minimum absolute atomic E-state index is 0. The van der Waals surface area contributed by atoms with Crippen molar-refractivity contribution in [1.29, 1.82) is 0 Å². The predicted molar refractivity (Wildman–Crippen MR) is 61.9 cm³/mol. The zero-order valence-electron chi connectivity index (χ0n) is 10.3.